The fraction of sp³-hybridized carbons (Fsp3) is 0.105. The normalized spacial score (nSPS) is 15.9. The summed E-state index contributed by atoms with van der Waals surface area (Å²) in [5.41, 5.74) is 0.511. The van der Waals surface area contributed by atoms with Crippen LogP contribution >= 0.6 is 15.9 Å². The van der Waals surface area contributed by atoms with Crippen molar-refractivity contribution in [3.8, 4) is 5.75 Å². The molecular formula is C19H14BrFN2O4. The van der Waals surface area contributed by atoms with Crippen molar-refractivity contribution in [2.45, 2.75) is 6.92 Å². The summed E-state index contributed by atoms with van der Waals surface area (Å²) in [5.74, 6) is -1.47. The Hall–Kier alpha value is -3.00. The lowest BCUT2D eigenvalue weighted by atomic mass is 10.1. The zero-order chi connectivity index (χ0) is 19.6. The molecule has 27 heavy (non-hydrogen) atoms. The second-order valence-corrected chi connectivity index (χ2v) is 6.41. The molecule has 0 unspecified atom stereocenters. The number of imide groups is 2. The summed E-state index contributed by atoms with van der Waals surface area (Å²) in [6.45, 7) is 2.35. The smallest absolute Gasteiger partial charge is 0.335 e. The molecule has 6 nitrogen and oxygen atoms in total. The van der Waals surface area contributed by atoms with Gasteiger partial charge in [-0.1, -0.05) is 6.07 Å². The number of urea groups is 1. The van der Waals surface area contributed by atoms with E-state index in [1.54, 1.807) is 18.2 Å². The highest BCUT2D eigenvalue weighted by Crippen LogP contribution is 2.28. The van der Waals surface area contributed by atoms with Gasteiger partial charge in [0.2, 0.25) is 0 Å². The average molecular weight is 433 g/mol. The van der Waals surface area contributed by atoms with Gasteiger partial charge in [-0.3, -0.25) is 14.9 Å². The first-order chi connectivity index (χ1) is 12.9. The maximum absolute atomic E-state index is 13.1. The van der Waals surface area contributed by atoms with Crippen molar-refractivity contribution in [3.05, 3.63) is 63.9 Å². The third kappa shape index (κ3) is 3.90. The number of hydrogen-bond acceptors (Lipinski definition) is 4. The molecule has 3 rings (SSSR count). The number of amides is 4. The van der Waals surface area contributed by atoms with E-state index in [0.717, 1.165) is 17.0 Å². The SMILES string of the molecule is CCOc1ccc(/C=C2\C(=O)NC(=O)N(c3ccc(F)cc3)C2=O)cc1Br. The minimum atomic E-state index is -0.887. The zero-order valence-electron chi connectivity index (χ0n) is 14.2. The van der Waals surface area contributed by atoms with Gasteiger partial charge in [0, 0.05) is 0 Å². The number of ether oxygens (including phenoxy) is 1. The molecule has 1 aliphatic heterocycles. The molecule has 4 amide bonds. The van der Waals surface area contributed by atoms with E-state index in [4.69, 9.17) is 4.74 Å². The van der Waals surface area contributed by atoms with E-state index < -0.39 is 23.7 Å². The van der Waals surface area contributed by atoms with Crippen molar-refractivity contribution in [2.75, 3.05) is 11.5 Å². The lowest BCUT2D eigenvalue weighted by Crippen LogP contribution is -2.54. The van der Waals surface area contributed by atoms with Crippen molar-refractivity contribution < 1.29 is 23.5 Å². The summed E-state index contributed by atoms with van der Waals surface area (Å²) < 4.78 is 19.2. The van der Waals surface area contributed by atoms with Crippen molar-refractivity contribution in [2.24, 2.45) is 0 Å². The molecule has 0 aliphatic carbocycles. The van der Waals surface area contributed by atoms with Crippen LogP contribution in [0.4, 0.5) is 14.9 Å². The molecule has 1 aliphatic rings. The Kier molecular flexibility index (Phi) is 5.36. The first-order valence-electron chi connectivity index (χ1n) is 8.00. The van der Waals surface area contributed by atoms with Crippen LogP contribution in [-0.4, -0.2) is 24.5 Å². The maximum Gasteiger partial charge on any atom is 0.335 e. The lowest BCUT2D eigenvalue weighted by Gasteiger charge is -2.26. The fourth-order valence-electron chi connectivity index (χ4n) is 2.53. The summed E-state index contributed by atoms with van der Waals surface area (Å²) in [7, 11) is 0. The van der Waals surface area contributed by atoms with Gasteiger partial charge < -0.3 is 4.74 Å². The Bertz CT molecular complexity index is 957. The maximum atomic E-state index is 13.1. The van der Waals surface area contributed by atoms with Gasteiger partial charge in [0.15, 0.2) is 0 Å². The van der Waals surface area contributed by atoms with Crippen LogP contribution < -0.4 is 15.0 Å². The van der Waals surface area contributed by atoms with Gasteiger partial charge >= 0.3 is 6.03 Å². The van der Waals surface area contributed by atoms with Crippen molar-refractivity contribution >= 4 is 45.5 Å². The number of anilines is 1. The van der Waals surface area contributed by atoms with Gasteiger partial charge in [-0.15, -0.1) is 0 Å². The molecule has 0 atom stereocenters. The quantitative estimate of drug-likeness (QED) is 0.590. The number of nitrogens with zero attached hydrogens (tertiary/aromatic N) is 1. The summed E-state index contributed by atoms with van der Waals surface area (Å²) in [6, 6.07) is 9.01. The number of carbonyl (C=O) groups excluding carboxylic acids is 3. The van der Waals surface area contributed by atoms with E-state index in [0.29, 0.717) is 22.4 Å². The fourth-order valence-corrected chi connectivity index (χ4v) is 3.04. The molecule has 138 valence electrons. The molecule has 0 aromatic heterocycles. The second kappa shape index (κ2) is 7.71. The van der Waals surface area contributed by atoms with Gasteiger partial charge in [-0.05, 0) is 70.9 Å². The van der Waals surface area contributed by atoms with E-state index >= 15 is 0 Å². The molecular weight excluding hydrogens is 419 g/mol. The standard InChI is InChI=1S/C19H14BrFN2O4/c1-2-27-16-8-3-11(10-15(16)20)9-14-17(24)22-19(26)23(18(14)25)13-6-4-12(21)5-7-13/h3-10H,2H2,1H3,(H,22,24,26)/b14-9+. The summed E-state index contributed by atoms with van der Waals surface area (Å²) in [6.07, 6.45) is 1.38. The molecule has 0 bridgehead atoms. The largest absolute Gasteiger partial charge is 0.493 e. The summed E-state index contributed by atoms with van der Waals surface area (Å²) in [5, 5.41) is 2.12. The average Bonchev–Trinajstić information content (AvgIpc) is 2.62. The topological polar surface area (TPSA) is 75.7 Å². The first-order valence-corrected chi connectivity index (χ1v) is 8.79. The summed E-state index contributed by atoms with van der Waals surface area (Å²) >= 11 is 3.37. The van der Waals surface area contributed by atoms with Crippen LogP contribution in [0.15, 0.2) is 52.5 Å². The van der Waals surface area contributed by atoms with Crippen LogP contribution in [0.3, 0.4) is 0 Å². The van der Waals surface area contributed by atoms with Crippen LogP contribution in [0.5, 0.6) is 5.75 Å². The monoisotopic (exact) mass is 432 g/mol. The predicted octanol–water partition coefficient (Wildman–Crippen LogP) is 3.65. The van der Waals surface area contributed by atoms with Crippen molar-refractivity contribution in [3.63, 3.8) is 0 Å². The van der Waals surface area contributed by atoms with E-state index in [2.05, 4.69) is 21.2 Å². The molecule has 1 heterocycles. The zero-order valence-corrected chi connectivity index (χ0v) is 15.7. The highest BCUT2D eigenvalue weighted by atomic mass is 79.9. The molecule has 0 radical (unpaired) electrons. The number of halogens is 2. The van der Waals surface area contributed by atoms with E-state index in [9.17, 15) is 18.8 Å². The molecule has 1 N–H and O–H groups in total. The number of nitrogens with one attached hydrogen (secondary N) is 1. The molecule has 0 spiro atoms. The number of rotatable bonds is 4. The third-order valence-electron chi connectivity index (χ3n) is 3.75. The number of carbonyl (C=O) groups is 3. The third-order valence-corrected chi connectivity index (χ3v) is 4.37. The molecule has 1 fully saturated rings. The van der Waals surface area contributed by atoms with Gasteiger partial charge in [0.1, 0.15) is 17.1 Å². The second-order valence-electron chi connectivity index (χ2n) is 5.56. The number of barbiturate groups is 1. The van der Waals surface area contributed by atoms with Crippen molar-refractivity contribution in [1.82, 2.24) is 5.32 Å². The molecule has 8 heteroatoms. The molecule has 2 aromatic carbocycles. The predicted molar refractivity (Wildman–Crippen MR) is 101 cm³/mol. The highest BCUT2D eigenvalue weighted by molar-refractivity contribution is 9.10. The van der Waals surface area contributed by atoms with E-state index in [1.807, 2.05) is 6.92 Å². The van der Waals surface area contributed by atoms with Crippen LogP contribution in [0.25, 0.3) is 6.08 Å². The molecule has 1 saturated heterocycles. The van der Waals surface area contributed by atoms with Gasteiger partial charge in [-0.2, -0.15) is 0 Å². The van der Waals surface area contributed by atoms with Crippen LogP contribution in [0.1, 0.15) is 12.5 Å². The highest BCUT2D eigenvalue weighted by Gasteiger charge is 2.36. The van der Waals surface area contributed by atoms with Gasteiger partial charge in [0.25, 0.3) is 11.8 Å². The van der Waals surface area contributed by atoms with Crippen molar-refractivity contribution in [1.29, 1.82) is 0 Å². The minimum Gasteiger partial charge on any atom is -0.493 e. The molecule has 0 saturated carbocycles. The van der Waals surface area contributed by atoms with E-state index in [1.165, 1.54) is 18.2 Å². The number of hydrogen-bond donors (Lipinski definition) is 1. The van der Waals surface area contributed by atoms with Crippen LogP contribution in [0, 0.1) is 5.82 Å². The Labute approximate surface area is 162 Å². The van der Waals surface area contributed by atoms with Crippen LogP contribution in [-0.2, 0) is 9.59 Å². The van der Waals surface area contributed by atoms with Gasteiger partial charge in [0.05, 0.1) is 16.8 Å². The Morgan fingerprint density at radius 3 is 2.48 bits per heavy atom. The van der Waals surface area contributed by atoms with E-state index in [-0.39, 0.29) is 11.3 Å². The first kappa shape index (κ1) is 18.8. The number of benzene rings is 2. The van der Waals surface area contributed by atoms with Gasteiger partial charge in [-0.25, -0.2) is 14.1 Å². The minimum absolute atomic E-state index is 0.158. The molecule has 2 aromatic rings. The van der Waals surface area contributed by atoms with Crippen LogP contribution in [0.2, 0.25) is 0 Å². The Morgan fingerprint density at radius 1 is 1.15 bits per heavy atom. The Balaban J connectivity index is 1.96. The Morgan fingerprint density at radius 2 is 1.85 bits per heavy atom. The summed E-state index contributed by atoms with van der Waals surface area (Å²) in [4.78, 5) is 37.8. The lowest BCUT2D eigenvalue weighted by molar-refractivity contribution is -0.122.